The van der Waals surface area contributed by atoms with Gasteiger partial charge in [-0.2, -0.15) is 0 Å². The normalized spacial score (nSPS) is 16.5. The molecule has 102 valence electrons. The van der Waals surface area contributed by atoms with Gasteiger partial charge in [0.15, 0.2) is 0 Å². The topological polar surface area (TPSA) is 34.5 Å². The van der Waals surface area contributed by atoms with Crippen LogP contribution in [0.2, 0.25) is 0 Å². The van der Waals surface area contributed by atoms with Gasteiger partial charge in [-0.05, 0) is 31.4 Å². The van der Waals surface area contributed by atoms with Gasteiger partial charge in [-0.25, -0.2) is 0 Å². The van der Waals surface area contributed by atoms with Crippen LogP contribution in [0, 0.1) is 0 Å². The van der Waals surface area contributed by atoms with Crippen LogP contribution in [0.25, 0.3) is 10.2 Å². The van der Waals surface area contributed by atoms with E-state index in [2.05, 4.69) is 29.9 Å². The molecule has 4 nitrogen and oxygen atoms in total. The van der Waals surface area contributed by atoms with E-state index in [4.69, 9.17) is 4.74 Å². The highest BCUT2D eigenvalue weighted by Gasteiger charge is 2.24. The largest absolute Gasteiger partial charge is 0.378 e. The van der Waals surface area contributed by atoms with Gasteiger partial charge < -0.3 is 14.2 Å². The Morgan fingerprint density at radius 1 is 1.37 bits per heavy atom. The summed E-state index contributed by atoms with van der Waals surface area (Å²) < 4.78 is 7.46. The van der Waals surface area contributed by atoms with Crippen molar-refractivity contribution in [1.29, 1.82) is 0 Å². The Morgan fingerprint density at radius 3 is 2.79 bits per heavy atom. The van der Waals surface area contributed by atoms with Gasteiger partial charge in [-0.1, -0.05) is 0 Å². The lowest BCUT2D eigenvalue weighted by Gasteiger charge is -2.27. The molecule has 3 rings (SSSR count). The summed E-state index contributed by atoms with van der Waals surface area (Å²) in [4.78, 5) is 15.7. The fourth-order valence-corrected chi connectivity index (χ4v) is 3.58. The van der Waals surface area contributed by atoms with Gasteiger partial charge in [0.1, 0.15) is 10.5 Å². The molecule has 0 unspecified atom stereocenters. The molecule has 1 amide bonds. The van der Waals surface area contributed by atoms with Crippen LogP contribution in [0.3, 0.4) is 0 Å². The van der Waals surface area contributed by atoms with E-state index in [1.807, 2.05) is 11.0 Å². The van der Waals surface area contributed by atoms with Gasteiger partial charge in [0.25, 0.3) is 5.91 Å². The van der Waals surface area contributed by atoms with Gasteiger partial charge in [-0.15, -0.1) is 11.3 Å². The smallest absolute Gasteiger partial charge is 0.270 e. The van der Waals surface area contributed by atoms with E-state index in [0.29, 0.717) is 26.3 Å². The van der Waals surface area contributed by atoms with Crippen LogP contribution in [-0.4, -0.2) is 41.7 Å². The van der Waals surface area contributed by atoms with Crippen molar-refractivity contribution >= 4 is 27.5 Å². The standard InChI is InChI=1S/C14H18N2O2S/c1-10(2)16-12(9-11-3-8-19-14(11)16)13(17)15-4-6-18-7-5-15/h3,8-10H,4-7H2,1-2H3. The maximum absolute atomic E-state index is 12.6. The Balaban J connectivity index is 2.01. The molecule has 1 aliphatic heterocycles. The van der Waals surface area contributed by atoms with Crippen molar-refractivity contribution in [3.63, 3.8) is 0 Å². The van der Waals surface area contributed by atoms with Gasteiger partial charge in [0.05, 0.1) is 13.2 Å². The van der Waals surface area contributed by atoms with Crippen molar-refractivity contribution in [2.24, 2.45) is 0 Å². The van der Waals surface area contributed by atoms with Crippen LogP contribution in [0.4, 0.5) is 0 Å². The van der Waals surface area contributed by atoms with E-state index in [1.54, 1.807) is 11.3 Å². The van der Waals surface area contributed by atoms with Crippen molar-refractivity contribution in [1.82, 2.24) is 9.47 Å². The molecule has 0 aromatic carbocycles. The highest BCUT2D eigenvalue weighted by Crippen LogP contribution is 2.29. The monoisotopic (exact) mass is 278 g/mol. The lowest BCUT2D eigenvalue weighted by molar-refractivity contribution is 0.0295. The second-order valence-electron chi connectivity index (χ2n) is 5.08. The van der Waals surface area contributed by atoms with E-state index < -0.39 is 0 Å². The molecule has 1 saturated heterocycles. The summed E-state index contributed by atoms with van der Waals surface area (Å²) in [6.45, 7) is 6.90. The zero-order valence-electron chi connectivity index (χ0n) is 11.3. The molecule has 1 fully saturated rings. The molecule has 0 bridgehead atoms. The number of amides is 1. The molecule has 19 heavy (non-hydrogen) atoms. The fourth-order valence-electron chi connectivity index (χ4n) is 2.55. The number of rotatable bonds is 2. The Morgan fingerprint density at radius 2 is 2.11 bits per heavy atom. The predicted octanol–water partition coefficient (Wildman–Crippen LogP) is 2.76. The van der Waals surface area contributed by atoms with Crippen molar-refractivity contribution in [2.45, 2.75) is 19.9 Å². The number of aromatic nitrogens is 1. The van der Waals surface area contributed by atoms with E-state index >= 15 is 0 Å². The number of thiophene rings is 1. The third kappa shape index (κ3) is 2.17. The second kappa shape index (κ2) is 4.98. The molecule has 2 aromatic rings. The van der Waals surface area contributed by atoms with Crippen molar-refractivity contribution < 1.29 is 9.53 Å². The molecule has 0 spiro atoms. The lowest BCUT2D eigenvalue weighted by atomic mass is 10.3. The van der Waals surface area contributed by atoms with Gasteiger partial charge in [0, 0.05) is 24.5 Å². The van der Waals surface area contributed by atoms with Crippen LogP contribution in [0.15, 0.2) is 17.5 Å². The summed E-state index contributed by atoms with van der Waals surface area (Å²) >= 11 is 1.69. The van der Waals surface area contributed by atoms with E-state index in [9.17, 15) is 4.79 Å². The average molecular weight is 278 g/mol. The summed E-state index contributed by atoms with van der Waals surface area (Å²) in [5.74, 6) is 0.125. The molecular formula is C14H18N2O2S. The van der Waals surface area contributed by atoms with Crippen LogP contribution < -0.4 is 0 Å². The van der Waals surface area contributed by atoms with E-state index in [0.717, 1.165) is 11.1 Å². The predicted molar refractivity (Wildman–Crippen MR) is 76.9 cm³/mol. The van der Waals surface area contributed by atoms with Gasteiger partial charge >= 0.3 is 0 Å². The van der Waals surface area contributed by atoms with E-state index in [-0.39, 0.29) is 11.9 Å². The Bertz CT molecular complexity index is 594. The number of morpholine rings is 1. The highest BCUT2D eigenvalue weighted by molar-refractivity contribution is 7.16. The fraction of sp³-hybridized carbons (Fsp3) is 0.500. The average Bonchev–Trinajstić information content (AvgIpc) is 2.98. The minimum Gasteiger partial charge on any atom is -0.378 e. The zero-order valence-corrected chi connectivity index (χ0v) is 12.1. The van der Waals surface area contributed by atoms with Crippen molar-refractivity contribution in [3.8, 4) is 0 Å². The molecule has 1 aliphatic rings. The minimum atomic E-state index is 0.125. The first-order valence-electron chi connectivity index (χ1n) is 6.64. The number of hydrogen-bond donors (Lipinski definition) is 0. The zero-order chi connectivity index (χ0) is 13.4. The third-order valence-electron chi connectivity index (χ3n) is 3.48. The van der Waals surface area contributed by atoms with Crippen molar-refractivity contribution in [2.75, 3.05) is 26.3 Å². The Kier molecular flexibility index (Phi) is 3.33. The molecule has 0 saturated carbocycles. The van der Waals surface area contributed by atoms with Crippen LogP contribution >= 0.6 is 11.3 Å². The summed E-state index contributed by atoms with van der Waals surface area (Å²) in [5, 5.41) is 3.24. The van der Waals surface area contributed by atoms with Crippen LogP contribution in [0.1, 0.15) is 30.4 Å². The first kappa shape index (κ1) is 12.7. The Labute approximate surface area is 116 Å². The van der Waals surface area contributed by atoms with Crippen molar-refractivity contribution in [3.05, 3.63) is 23.2 Å². The maximum atomic E-state index is 12.6. The molecule has 2 aromatic heterocycles. The summed E-state index contributed by atoms with van der Waals surface area (Å²) in [6.07, 6.45) is 0. The third-order valence-corrected chi connectivity index (χ3v) is 4.41. The van der Waals surface area contributed by atoms with E-state index in [1.165, 1.54) is 4.83 Å². The number of hydrogen-bond acceptors (Lipinski definition) is 3. The Hall–Kier alpha value is -1.33. The highest BCUT2D eigenvalue weighted by atomic mass is 32.1. The quantitative estimate of drug-likeness (QED) is 0.846. The molecule has 0 radical (unpaired) electrons. The summed E-state index contributed by atoms with van der Waals surface area (Å²) in [7, 11) is 0. The second-order valence-corrected chi connectivity index (χ2v) is 5.97. The summed E-state index contributed by atoms with van der Waals surface area (Å²) in [6, 6.07) is 4.38. The SMILES string of the molecule is CC(C)n1c(C(=O)N2CCOCC2)cc2ccsc21. The van der Waals surface area contributed by atoms with Crippen LogP contribution in [0.5, 0.6) is 0 Å². The molecule has 0 N–H and O–H groups in total. The molecular weight excluding hydrogens is 260 g/mol. The van der Waals surface area contributed by atoms with Gasteiger partial charge in [0.2, 0.25) is 0 Å². The first-order chi connectivity index (χ1) is 9.18. The number of carbonyl (C=O) groups excluding carboxylic acids is 1. The number of ether oxygens (including phenoxy) is 1. The molecule has 0 aliphatic carbocycles. The summed E-state index contributed by atoms with van der Waals surface area (Å²) in [5.41, 5.74) is 0.804. The number of nitrogens with zero attached hydrogens (tertiary/aromatic N) is 2. The molecule has 0 atom stereocenters. The van der Waals surface area contributed by atoms with Crippen LogP contribution in [-0.2, 0) is 4.74 Å². The number of carbonyl (C=O) groups is 1. The molecule has 5 heteroatoms. The molecule has 3 heterocycles. The minimum absolute atomic E-state index is 0.125. The number of fused-ring (bicyclic) bond motifs is 1. The first-order valence-corrected chi connectivity index (χ1v) is 7.52. The maximum Gasteiger partial charge on any atom is 0.270 e. The lowest BCUT2D eigenvalue weighted by Crippen LogP contribution is -2.41. The van der Waals surface area contributed by atoms with Gasteiger partial charge in [-0.3, -0.25) is 4.79 Å².